The predicted octanol–water partition coefficient (Wildman–Crippen LogP) is 2.40. The van der Waals surface area contributed by atoms with Gasteiger partial charge in [0.2, 0.25) is 0 Å². The first-order chi connectivity index (χ1) is 7.78. The lowest BCUT2D eigenvalue weighted by atomic mass is 9.88. The van der Waals surface area contributed by atoms with Gasteiger partial charge in [-0.3, -0.25) is 4.79 Å². The molecule has 17 heavy (non-hydrogen) atoms. The highest BCUT2D eigenvalue weighted by atomic mass is 16.4. The first-order valence-electron chi connectivity index (χ1n) is 5.78. The Hall–Kier alpha value is -1.35. The summed E-state index contributed by atoms with van der Waals surface area (Å²) in [4.78, 5) is 11.1. The molecule has 0 saturated heterocycles. The van der Waals surface area contributed by atoms with Crippen LogP contribution in [0.15, 0.2) is 24.3 Å². The van der Waals surface area contributed by atoms with Gasteiger partial charge in [0.15, 0.2) is 0 Å². The molecule has 1 aromatic carbocycles. The number of benzene rings is 1. The zero-order chi connectivity index (χ0) is 13.1. The Morgan fingerprint density at radius 1 is 1.29 bits per heavy atom. The van der Waals surface area contributed by atoms with Crippen LogP contribution in [0.4, 0.5) is 0 Å². The van der Waals surface area contributed by atoms with Gasteiger partial charge < -0.3 is 10.2 Å². The predicted molar refractivity (Wildman–Crippen MR) is 66.9 cm³/mol. The van der Waals surface area contributed by atoms with Crippen molar-refractivity contribution in [2.45, 2.75) is 39.2 Å². The number of carboxylic acid groups (broad SMARTS) is 1. The molecule has 0 saturated carbocycles. The Morgan fingerprint density at radius 2 is 1.82 bits per heavy atom. The fourth-order valence-corrected chi connectivity index (χ4v) is 1.86. The van der Waals surface area contributed by atoms with Crippen LogP contribution in [0.5, 0.6) is 0 Å². The van der Waals surface area contributed by atoms with Gasteiger partial charge in [0.25, 0.3) is 0 Å². The molecule has 0 amide bonds. The molecular weight excluding hydrogens is 216 g/mol. The summed E-state index contributed by atoms with van der Waals surface area (Å²) in [6.45, 7) is 5.27. The third-order valence-corrected chi connectivity index (χ3v) is 2.70. The third-order valence-electron chi connectivity index (χ3n) is 2.70. The Kier molecular flexibility index (Phi) is 4.29. The topological polar surface area (TPSA) is 57.5 Å². The standard InChI is InChI=1S/C14H20O3/c1-10-4-6-11(7-5-10)8-12(13(15)16)9-14(2,3)17/h4-7,12,17H,8-9H2,1-3H3,(H,15,16). The Labute approximate surface area is 102 Å². The summed E-state index contributed by atoms with van der Waals surface area (Å²) in [5, 5.41) is 18.8. The molecule has 1 rings (SSSR count). The maximum Gasteiger partial charge on any atom is 0.306 e. The van der Waals surface area contributed by atoms with Gasteiger partial charge >= 0.3 is 5.97 Å². The van der Waals surface area contributed by atoms with E-state index in [1.807, 2.05) is 31.2 Å². The Bertz CT molecular complexity index is 373. The second-order valence-corrected chi connectivity index (χ2v) is 5.24. The van der Waals surface area contributed by atoms with Crippen molar-refractivity contribution in [2.75, 3.05) is 0 Å². The van der Waals surface area contributed by atoms with Crippen LogP contribution >= 0.6 is 0 Å². The molecule has 0 heterocycles. The number of carbonyl (C=O) groups is 1. The monoisotopic (exact) mass is 236 g/mol. The highest BCUT2D eigenvalue weighted by Crippen LogP contribution is 2.20. The van der Waals surface area contributed by atoms with Crippen molar-refractivity contribution in [3.05, 3.63) is 35.4 Å². The normalized spacial score (nSPS) is 13.4. The molecule has 2 N–H and O–H groups in total. The summed E-state index contributed by atoms with van der Waals surface area (Å²) in [7, 11) is 0. The Morgan fingerprint density at radius 3 is 2.24 bits per heavy atom. The summed E-state index contributed by atoms with van der Waals surface area (Å²) in [5.41, 5.74) is 1.20. The van der Waals surface area contributed by atoms with E-state index in [9.17, 15) is 9.90 Å². The van der Waals surface area contributed by atoms with Crippen molar-refractivity contribution in [1.29, 1.82) is 0 Å². The number of aryl methyl sites for hydroxylation is 1. The van der Waals surface area contributed by atoms with E-state index in [0.29, 0.717) is 6.42 Å². The van der Waals surface area contributed by atoms with E-state index in [0.717, 1.165) is 11.1 Å². The molecular formula is C14H20O3. The molecule has 3 heteroatoms. The molecule has 0 aliphatic rings. The van der Waals surface area contributed by atoms with E-state index in [-0.39, 0.29) is 6.42 Å². The number of hydrogen-bond donors (Lipinski definition) is 2. The van der Waals surface area contributed by atoms with Crippen LogP contribution in [0.3, 0.4) is 0 Å². The third kappa shape index (κ3) is 5.00. The van der Waals surface area contributed by atoms with E-state index >= 15 is 0 Å². The summed E-state index contributed by atoms with van der Waals surface area (Å²) < 4.78 is 0. The van der Waals surface area contributed by atoms with Crippen molar-refractivity contribution in [2.24, 2.45) is 5.92 Å². The van der Waals surface area contributed by atoms with E-state index in [1.54, 1.807) is 13.8 Å². The van der Waals surface area contributed by atoms with Crippen LogP contribution in [-0.4, -0.2) is 21.8 Å². The molecule has 0 aromatic heterocycles. The molecule has 94 valence electrons. The van der Waals surface area contributed by atoms with Gasteiger partial charge in [0.05, 0.1) is 11.5 Å². The van der Waals surface area contributed by atoms with Crippen LogP contribution in [0.2, 0.25) is 0 Å². The quantitative estimate of drug-likeness (QED) is 0.825. The summed E-state index contributed by atoms with van der Waals surface area (Å²) >= 11 is 0. The summed E-state index contributed by atoms with van der Waals surface area (Å²) in [6.07, 6.45) is 0.718. The number of carboxylic acids is 1. The van der Waals surface area contributed by atoms with E-state index in [2.05, 4.69) is 0 Å². The highest BCUT2D eigenvalue weighted by molar-refractivity contribution is 5.70. The maximum atomic E-state index is 11.1. The molecule has 1 atom stereocenters. The molecule has 0 fully saturated rings. The van der Waals surface area contributed by atoms with Gasteiger partial charge in [-0.1, -0.05) is 29.8 Å². The van der Waals surface area contributed by atoms with E-state index in [4.69, 9.17) is 5.11 Å². The number of hydrogen-bond acceptors (Lipinski definition) is 2. The van der Waals surface area contributed by atoms with Crippen molar-refractivity contribution in [1.82, 2.24) is 0 Å². The average Bonchev–Trinajstić information content (AvgIpc) is 2.18. The number of rotatable bonds is 5. The molecule has 0 aliphatic heterocycles. The number of aliphatic carboxylic acids is 1. The van der Waals surface area contributed by atoms with E-state index in [1.165, 1.54) is 0 Å². The molecule has 0 spiro atoms. The largest absolute Gasteiger partial charge is 0.481 e. The fourth-order valence-electron chi connectivity index (χ4n) is 1.86. The van der Waals surface area contributed by atoms with E-state index < -0.39 is 17.5 Å². The minimum absolute atomic E-state index is 0.260. The zero-order valence-electron chi connectivity index (χ0n) is 10.6. The lowest BCUT2D eigenvalue weighted by molar-refractivity contribution is -0.143. The molecule has 0 radical (unpaired) electrons. The van der Waals surface area contributed by atoms with Gasteiger partial charge in [-0.05, 0) is 39.2 Å². The molecule has 0 aliphatic carbocycles. The average molecular weight is 236 g/mol. The maximum absolute atomic E-state index is 11.1. The lowest BCUT2D eigenvalue weighted by Crippen LogP contribution is -2.28. The van der Waals surface area contributed by atoms with Crippen molar-refractivity contribution < 1.29 is 15.0 Å². The first-order valence-corrected chi connectivity index (χ1v) is 5.78. The van der Waals surface area contributed by atoms with Gasteiger partial charge in [0, 0.05) is 0 Å². The second kappa shape index (κ2) is 5.32. The summed E-state index contributed by atoms with van der Waals surface area (Å²) in [6, 6.07) is 7.82. The molecule has 3 nitrogen and oxygen atoms in total. The van der Waals surface area contributed by atoms with Gasteiger partial charge in [0.1, 0.15) is 0 Å². The SMILES string of the molecule is Cc1ccc(CC(CC(C)(C)O)C(=O)O)cc1. The molecule has 1 aromatic rings. The number of aliphatic hydroxyl groups is 1. The fraction of sp³-hybridized carbons (Fsp3) is 0.500. The summed E-state index contributed by atoms with van der Waals surface area (Å²) in [5.74, 6) is -1.40. The zero-order valence-corrected chi connectivity index (χ0v) is 10.6. The van der Waals surface area contributed by atoms with Crippen molar-refractivity contribution in [3.8, 4) is 0 Å². The Balaban J connectivity index is 2.73. The molecule has 1 unspecified atom stereocenters. The van der Waals surface area contributed by atoms with Crippen LogP contribution in [-0.2, 0) is 11.2 Å². The minimum Gasteiger partial charge on any atom is -0.481 e. The van der Waals surface area contributed by atoms with Crippen molar-refractivity contribution in [3.63, 3.8) is 0 Å². The smallest absolute Gasteiger partial charge is 0.306 e. The highest BCUT2D eigenvalue weighted by Gasteiger charge is 2.25. The van der Waals surface area contributed by atoms with Crippen LogP contribution in [0.1, 0.15) is 31.4 Å². The molecule has 0 bridgehead atoms. The lowest BCUT2D eigenvalue weighted by Gasteiger charge is -2.22. The second-order valence-electron chi connectivity index (χ2n) is 5.24. The van der Waals surface area contributed by atoms with Crippen LogP contribution in [0.25, 0.3) is 0 Å². The van der Waals surface area contributed by atoms with Gasteiger partial charge in [-0.15, -0.1) is 0 Å². The van der Waals surface area contributed by atoms with Gasteiger partial charge in [-0.2, -0.15) is 0 Å². The van der Waals surface area contributed by atoms with Crippen LogP contribution in [0, 0.1) is 12.8 Å². The first kappa shape index (κ1) is 13.7. The minimum atomic E-state index is -0.951. The van der Waals surface area contributed by atoms with Crippen molar-refractivity contribution >= 4 is 5.97 Å². The van der Waals surface area contributed by atoms with Gasteiger partial charge in [-0.25, -0.2) is 0 Å². The van der Waals surface area contributed by atoms with Crippen LogP contribution < -0.4 is 0 Å².